The van der Waals surface area contributed by atoms with E-state index in [4.69, 9.17) is 10.5 Å². The Bertz CT molecular complexity index is 1380. The quantitative estimate of drug-likeness (QED) is 0.305. The number of ketones is 2. The zero-order valence-corrected chi connectivity index (χ0v) is 22.7. The molecule has 0 bridgehead atoms. The van der Waals surface area contributed by atoms with E-state index in [1.807, 2.05) is 6.07 Å². The largest absolute Gasteiger partial charge is 0.508 e. The lowest BCUT2D eigenvalue weighted by molar-refractivity contribution is -0.150. The maximum atomic E-state index is 14.1. The minimum atomic E-state index is -2.65. The van der Waals surface area contributed by atoms with Crippen molar-refractivity contribution in [3.63, 3.8) is 0 Å². The number of carbonyl (C=O) groups excluding carboxylic acids is 3. The summed E-state index contributed by atoms with van der Waals surface area (Å²) >= 11 is 0. The van der Waals surface area contributed by atoms with E-state index in [0.29, 0.717) is 32.5 Å². The Morgan fingerprint density at radius 1 is 1.07 bits per heavy atom. The number of aliphatic hydroxyl groups excluding tert-OH is 2. The second-order valence-electron chi connectivity index (χ2n) is 12.9. The molecule has 10 heteroatoms. The molecule has 1 aromatic carbocycles. The van der Waals surface area contributed by atoms with Crippen molar-refractivity contribution in [3.05, 3.63) is 45.7 Å². The molecule has 1 amide bonds. The molecule has 40 heavy (non-hydrogen) atoms. The van der Waals surface area contributed by atoms with Crippen LogP contribution in [0, 0.1) is 17.3 Å². The first-order valence-corrected chi connectivity index (χ1v) is 14.0. The van der Waals surface area contributed by atoms with Crippen LogP contribution >= 0.6 is 0 Å². The number of hydrogen-bond donors (Lipinski definition) is 6. The van der Waals surface area contributed by atoms with Crippen LogP contribution in [-0.4, -0.2) is 68.8 Å². The first-order valence-electron chi connectivity index (χ1n) is 14.0. The summed E-state index contributed by atoms with van der Waals surface area (Å²) in [6.45, 7) is 5.33. The van der Waals surface area contributed by atoms with E-state index >= 15 is 0 Å². The van der Waals surface area contributed by atoms with Crippen molar-refractivity contribution in [2.45, 2.75) is 76.0 Å². The molecule has 1 heterocycles. The van der Waals surface area contributed by atoms with Gasteiger partial charge in [-0.3, -0.25) is 14.4 Å². The highest BCUT2D eigenvalue weighted by Gasteiger charge is 2.64. The molecule has 3 fully saturated rings. The van der Waals surface area contributed by atoms with Crippen molar-refractivity contribution >= 4 is 23.2 Å². The van der Waals surface area contributed by atoms with E-state index in [-0.39, 0.29) is 40.7 Å². The molecule has 10 nitrogen and oxygen atoms in total. The molecule has 2 saturated carbocycles. The average Bonchev–Trinajstić information content (AvgIpc) is 2.87. The molecule has 1 aromatic rings. The number of aromatic hydroxyl groups is 1. The van der Waals surface area contributed by atoms with Gasteiger partial charge in [-0.1, -0.05) is 19.9 Å². The van der Waals surface area contributed by atoms with E-state index < -0.39 is 58.0 Å². The molecule has 1 aliphatic heterocycles. The van der Waals surface area contributed by atoms with Gasteiger partial charge in [0.25, 0.3) is 5.91 Å². The standard InChI is InChI=1S/C30H36N2O8/c1-29(2)11-14(12-29)16-3-4-19(33)21-17(16)9-13-10-18-23(32-15-5-7-40-8-6-15)25(35)22(28(31)38)27(37)30(18,39)26(36)20(13)24(21)34/h3-4,13-15,18,23,32-34,37,39H,5-12H2,1-2H3,(H2,31,38)/t13?,18?,23-,30+/m1/s1. The van der Waals surface area contributed by atoms with Gasteiger partial charge in [-0.2, -0.15) is 0 Å². The highest BCUT2D eigenvalue weighted by Crippen LogP contribution is 2.56. The Labute approximate surface area is 231 Å². The minimum Gasteiger partial charge on any atom is -0.508 e. The lowest BCUT2D eigenvalue weighted by Crippen LogP contribution is -2.67. The molecule has 0 radical (unpaired) electrons. The highest BCUT2D eigenvalue weighted by atomic mass is 16.5. The Balaban J connectivity index is 1.47. The second kappa shape index (κ2) is 9.15. The maximum absolute atomic E-state index is 14.1. The van der Waals surface area contributed by atoms with Crippen LogP contribution < -0.4 is 11.1 Å². The predicted molar refractivity (Wildman–Crippen MR) is 143 cm³/mol. The minimum absolute atomic E-state index is 0.0784. The zero-order valence-electron chi connectivity index (χ0n) is 22.7. The van der Waals surface area contributed by atoms with Gasteiger partial charge in [-0.05, 0) is 73.0 Å². The number of Topliss-reactive ketones (excluding diaryl/α,β-unsaturated/α-hetero) is 2. The van der Waals surface area contributed by atoms with E-state index in [1.165, 1.54) is 6.07 Å². The predicted octanol–water partition coefficient (Wildman–Crippen LogP) is 2.07. The first kappa shape index (κ1) is 27.0. The second-order valence-corrected chi connectivity index (χ2v) is 12.9. The molecule has 1 saturated heterocycles. The Morgan fingerprint density at radius 3 is 2.38 bits per heavy atom. The Morgan fingerprint density at radius 2 is 1.75 bits per heavy atom. The smallest absolute Gasteiger partial charge is 0.255 e. The van der Waals surface area contributed by atoms with Gasteiger partial charge in [0.15, 0.2) is 11.4 Å². The van der Waals surface area contributed by atoms with E-state index in [9.17, 15) is 34.8 Å². The van der Waals surface area contributed by atoms with Crippen LogP contribution in [0.2, 0.25) is 0 Å². The summed E-state index contributed by atoms with van der Waals surface area (Å²) in [5.74, 6) is -6.14. The topological polar surface area (TPSA) is 179 Å². The van der Waals surface area contributed by atoms with Gasteiger partial charge >= 0.3 is 0 Å². The lowest BCUT2D eigenvalue weighted by Gasteiger charge is -2.50. The maximum Gasteiger partial charge on any atom is 0.255 e. The molecule has 7 N–H and O–H groups in total. The molecule has 6 rings (SSSR count). The first-order chi connectivity index (χ1) is 18.8. The zero-order chi connectivity index (χ0) is 28.7. The van der Waals surface area contributed by atoms with Gasteiger partial charge in [-0.25, -0.2) is 0 Å². The fraction of sp³-hybridized carbons (Fsp3) is 0.567. The van der Waals surface area contributed by atoms with Crippen LogP contribution in [0.1, 0.15) is 68.6 Å². The molecule has 4 atom stereocenters. The number of rotatable bonds is 4. The summed E-state index contributed by atoms with van der Waals surface area (Å²) < 4.78 is 5.41. The van der Waals surface area contributed by atoms with Crippen LogP contribution in [0.15, 0.2) is 29.0 Å². The number of benzene rings is 1. The third-order valence-electron chi connectivity index (χ3n) is 9.79. The fourth-order valence-electron chi connectivity index (χ4n) is 7.89. The van der Waals surface area contributed by atoms with Gasteiger partial charge in [0.1, 0.15) is 22.8 Å². The Kier molecular flexibility index (Phi) is 6.18. The van der Waals surface area contributed by atoms with Gasteiger partial charge in [0, 0.05) is 30.7 Å². The van der Waals surface area contributed by atoms with Crippen molar-refractivity contribution < 1.29 is 39.5 Å². The lowest BCUT2D eigenvalue weighted by atomic mass is 9.56. The number of nitrogens with one attached hydrogen (secondary N) is 1. The number of primary amides is 1. The van der Waals surface area contributed by atoms with Crippen LogP contribution in [0.5, 0.6) is 5.75 Å². The number of carbonyl (C=O) groups is 3. The third kappa shape index (κ3) is 3.83. The third-order valence-corrected chi connectivity index (χ3v) is 9.79. The average molecular weight is 553 g/mol. The molecule has 5 aliphatic rings. The number of amides is 1. The monoisotopic (exact) mass is 552 g/mol. The molecule has 0 aromatic heterocycles. The van der Waals surface area contributed by atoms with Crippen molar-refractivity contribution in [2.75, 3.05) is 13.2 Å². The fourth-order valence-corrected chi connectivity index (χ4v) is 7.89. The van der Waals surface area contributed by atoms with Crippen molar-refractivity contribution in [3.8, 4) is 5.75 Å². The molecular weight excluding hydrogens is 516 g/mol. The summed E-state index contributed by atoms with van der Waals surface area (Å²) in [7, 11) is 0. The van der Waals surface area contributed by atoms with Crippen molar-refractivity contribution in [2.24, 2.45) is 23.0 Å². The number of ether oxygens (including phenoxy) is 1. The Hall–Kier alpha value is -3.21. The molecular formula is C30H36N2O8. The molecule has 0 spiro atoms. The van der Waals surface area contributed by atoms with Crippen LogP contribution in [-0.2, 0) is 25.5 Å². The highest BCUT2D eigenvalue weighted by molar-refractivity contribution is 6.24. The number of nitrogens with two attached hydrogens (primary N) is 1. The van der Waals surface area contributed by atoms with Crippen LogP contribution in [0.3, 0.4) is 0 Å². The number of phenols is 1. The normalized spacial score (nSPS) is 32.3. The van der Waals surface area contributed by atoms with E-state index in [1.54, 1.807) is 0 Å². The number of fused-ring (bicyclic) bond motifs is 3. The molecule has 4 aliphatic carbocycles. The number of phenolic OH excluding ortho intramolecular Hbond substituents is 1. The van der Waals surface area contributed by atoms with E-state index in [0.717, 1.165) is 24.0 Å². The summed E-state index contributed by atoms with van der Waals surface area (Å²) in [4.78, 5) is 39.9. The number of aliphatic hydroxyl groups is 3. The van der Waals surface area contributed by atoms with Crippen molar-refractivity contribution in [1.82, 2.24) is 5.32 Å². The van der Waals surface area contributed by atoms with Crippen molar-refractivity contribution in [1.29, 1.82) is 0 Å². The van der Waals surface area contributed by atoms with Crippen LogP contribution in [0.25, 0.3) is 5.76 Å². The van der Waals surface area contributed by atoms with Crippen LogP contribution in [0.4, 0.5) is 0 Å². The van der Waals surface area contributed by atoms with Gasteiger partial charge in [0.2, 0.25) is 5.78 Å². The number of hydrogen-bond acceptors (Lipinski definition) is 9. The van der Waals surface area contributed by atoms with Gasteiger partial charge < -0.3 is 36.2 Å². The van der Waals surface area contributed by atoms with Gasteiger partial charge in [-0.15, -0.1) is 0 Å². The summed E-state index contributed by atoms with van der Waals surface area (Å²) in [5, 5.41) is 48.4. The summed E-state index contributed by atoms with van der Waals surface area (Å²) in [6.07, 6.45) is 3.48. The van der Waals surface area contributed by atoms with Gasteiger partial charge in [0.05, 0.1) is 11.6 Å². The summed E-state index contributed by atoms with van der Waals surface area (Å²) in [6, 6.07) is 2.06. The molecule has 2 unspecified atom stereocenters. The summed E-state index contributed by atoms with van der Waals surface area (Å²) in [5.41, 5.74) is 3.99. The molecule has 214 valence electrons. The van der Waals surface area contributed by atoms with E-state index in [2.05, 4.69) is 19.2 Å². The SMILES string of the molecule is CC1(C)CC(c2ccc(O)c3c2CC2CC4[C@@H](NC5CCOCC5)C(=O)C(C(N)=O)=C(O)[C@@]4(O)C(=O)C2=C3O)C1.